The van der Waals surface area contributed by atoms with Crippen LogP contribution in [0.4, 0.5) is 10.1 Å². The number of aromatic amines is 1. The van der Waals surface area contributed by atoms with Crippen LogP contribution in [0.1, 0.15) is 31.5 Å². The topological polar surface area (TPSA) is 114 Å². The Morgan fingerprint density at radius 1 is 1.23 bits per heavy atom. The van der Waals surface area contributed by atoms with Gasteiger partial charge < -0.3 is 9.47 Å². The molecule has 1 aliphatic carbocycles. The summed E-state index contributed by atoms with van der Waals surface area (Å²) in [6.45, 7) is -0.102. The molecule has 4 rings (SSSR count). The van der Waals surface area contributed by atoms with Crippen LogP contribution >= 0.6 is 11.6 Å². The van der Waals surface area contributed by atoms with E-state index in [1.165, 1.54) is 6.33 Å². The Bertz CT molecular complexity index is 1010. The van der Waals surface area contributed by atoms with Gasteiger partial charge in [-0.25, -0.2) is 14.3 Å². The van der Waals surface area contributed by atoms with Crippen molar-refractivity contribution in [2.45, 2.75) is 38.6 Å². The van der Waals surface area contributed by atoms with Crippen LogP contribution in [0, 0.1) is 5.82 Å². The molecule has 1 N–H and O–H groups in total. The number of aldehydes is 1. The molecule has 1 aliphatic heterocycles. The minimum atomic E-state index is -1.39. The van der Waals surface area contributed by atoms with E-state index in [1.54, 1.807) is 0 Å². The summed E-state index contributed by atoms with van der Waals surface area (Å²) in [6.07, 6.45) is 2.83. The highest BCUT2D eigenvalue weighted by Crippen LogP contribution is 2.39. The van der Waals surface area contributed by atoms with E-state index in [-0.39, 0.29) is 23.1 Å². The van der Waals surface area contributed by atoms with Crippen molar-refractivity contribution < 1.29 is 28.2 Å². The van der Waals surface area contributed by atoms with Gasteiger partial charge in [0, 0.05) is 17.2 Å². The number of H-pyrrole nitrogens is 1. The third kappa shape index (κ3) is 3.71. The second kappa shape index (κ2) is 8.33. The Balaban J connectivity index is 1.57. The molecule has 1 unspecified atom stereocenters. The Hall–Kier alpha value is -3.11. The maximum atomic E-state index is 14.6. The van der Waals surface area contributed by atoms with Gasteiger partial charge in [-0.1, -0.05) is 11.6 Å². The number of ether oxygens (including phenoxy) is 2. The van der Waals surface area contributed by atoms with Crippen molar-refractivity contribution in [3.8, 4) is 5.75 Å². The Morgan fingerprint density at radius 2 is 1.93 bits per heavy atom. The number of benzene rings is 1. The van der Waals surface area contributed by atoms with Gasteiger partial charge in [0.1, 0.15) is 30.3 Å². The van der Waals surface area contributed by atoms with Gasteiger partial charge in [0.2, 0.25) is 0 Å². The molecule has 11 heteroatoms. The van der Waals surface area contributed by atoms with Crippen LogP contribution in [0.2, 0.25) is 5.02 Å². The molecule has 0 radical (unpaired) electrons. The highest BCUT2D eigenvalue weighted by Gasteiger charge is 2.41. The van der Waals surface area contributed by atoms with E-state index < -0.39 is 23.9 Å². The van der Waals surface area contributed by atoms with Crippen molar-refractivity contribution in [1.29, 1.82) is 0 Å². The Labute approximate surface area is 174 Å². The summed E-state index contributed by atoms with van der Waals surface area (Å²) >= 11 is 6.04. The summed E-state index contributed by atoms with van der Waals surface area (Å²) in [7, 11) is 0. The van der Waals surface area contributed by atoms with E-state index in [0.717, 1.165) is 29.9 Å². The van der Waals surface area contributed by atoms with E-state index in [4.69, 9.17) is 21.1 Å². The molecule has 0 bridgehead atoms. The zero-order valence-corrected chi connectivity index (χ0v) is 16.3. The van der Waals surface area contributed by atoms with Gasteiger partial charge >= 0.3 is 0 Å². The molecule has 2 heterocycles. The molecule has 0 fully saturated rings. The first kappa shape index (κ1) is 20.2. The lowest BCUT2D eigenvalue weighted by Crippen LogP contribution is -2.32. The van der Waals surface area contributed by atoms with Crippen LogP contribution in [0.3, 0.4) is 0 Å². The molecule has 1 aromatic carbocycles. The molecule has 0 saturated carbocycles. The SMILES string of the molecule is O=CC(OCc1ncn[nH]1)Oc1cc(N2C(=O)C3=C(CCCC3)C2=O)c(F)cc1Cl. The first-order valence-electron chi connectivity index (χ1n) is 9.17. The summed E-state index contributed by atoms with van der Waals surface area (Å²) < 4.78 is 25.3. The quantitative estimate of drug-likeness (QED) is 0.404. The van der Waals surface area contributed by atoms with E-state index >= 15 is 0 Å². The fourth-order valence-corrected chi connectivity index (χ4v) is 3.62. The predicted octanol–water partition coefficient (Wildman–Crippen LogP) is 2.46. The number of carbonyl (C=O) groups excluding carboxylic acids is 3. The number of rotatable bonds is 7. The van der Waals surface area contributed by atoms with Gasteiger partial charge in [0.05, 0.1) is 10.7 Å². The van der Waals surface area contributed by atoms with Gasteiger partial charge in [-0.15, -0.1) is 0 Å². The number of amides is 2. The molecule has 2 aliphatic rings. The minimum Gasteiger partial charge on any atom is -0.456 e. The lowest BCUT2D eigenvalue weighted by atomic mass is 9.93. The van der Waals surface area contributed by atoms with Crippen molar-refractivity contribution in [1.82, 2.24) is 15.2 Å². The number of hydrogen-bond acceptors (Lipinski definition) is 7. The first-order chi connectivity index (χ1) is 14.5. The molecule has 1 atom stereocenters. The largest absolute Gasteiger partial charge is 0.456 e. The Morgan fingerprint density at radius 3 is 2.53 bits per heavy atom. The average Bonchev–Trinajstić information content (AvgIpc) is 3.35. The van der Waals surface area contributed by atoms with Gasteiger partial charge in [-0.05, 0) is 31.7 Å². The smallest absolute Gasteiger partial charge is 0.261 e. The van der Waals surface area contributed by atoms with Gasteiger partial charge in [0.15, 0.2) is 6.29 Å². The predicted molar refractivity (Wildman–Crippen MR) is 101 cm³/mol. The van der Waals surface area contributed by atoms with Crippen molar-refractivity contribution >= 4 is 35.4 Å². The second-order valence-corrected chi connectivity index (χ2v) is 7.12. The highest BCUT2D eigenvalue weighted by molar-refractivity contribution is 6.34. The Kier molecular flexibility index (Phi) is 5.60. The maximum Gasteiger partial charge on any atom is 0.261 e. The van der Waals surface area contributed by atoms with Gasteiger partial charge in [-0.3, -0.25) is 19.5 Å². The molecular formula is C19H16ClFN4O5. The molecule has 0 saturated heterocycles. The van der Waals surface area contributed by atoms with Crippen molar-refractivity contribution in [2.24, 2.45) is 0 Å². The number of anilines is 1. The molecule has 2 amide bonds. The molecule has 1 aromatic heterocycles. The number of hydrogen-bond donors (Lipinski definition) is 1. The minimum absolute atomic E-state index is 0.102. The third-order valence-electron chi connectivity index (χ3n) is 4.84. The van der Waals surface area contributed by atoms with Crippen LogP contribution in [-0.2, 0) is 25.7 Å². The summed E-state index contributed by atoms with van der Waals surface area (Å²) in [4.78, 5) is 41.4. The number of aromatic nitrogens is 3. The summed E-state index contributed by atoms with van der Waals surface area (Å²) in [5, 5.41) is 6.06. The van der Waals surface area contributed by atoms with Crippen LogP contribution in [0.15, 0.2) is 29.6 Å². The fraction of sp³-hybridized carbons (Fsp3) is 0.316. The molecule has 2 aromatic rings. The summed E-state index contributed by atoms with van der Waals surface area (Å²) in [5.41, 5.74) is 0.548. The van der Waals surface area contributed by atoms with Crippen molar-refractivity contribution in [3.63, 3.8) is 0 Å². The lowest BCUT2D eigenvalue weighted by Gasteiger charge is -2.19. The number of nitrogens with one attached hydrogen (secondary N) is 1. The van der Waals surface area contributed by atoms with Crippen LogP contribution in [-0.4, -0.2) is 39.6 Å². The first-order valence-corrected chi connectivity index (χ1v) is 9.55. The molecule has 30 heavy (non-hydrogen) atoms. The normalized spacial score (nSPS) is 17.3. The molecule has 9 nitrogen and oxygen atoms in total. The fourth-order valence-electron chi connectivity index (χ4n) is 3.43. The van der Waals surface area contributed by atoms with E-state index in [9.17, 15) is 18.8 Å². The third-order valence-corrected chi connectivity index (χ3v) is 5.13. The number of halogens is 2. The van der Waals surface area contributed by atoms with Crippen LogP contribution < -0.4 is 9.64 Å². The highest BCUT2D eigenvalue weighted by atomic mass is 35.5. The summed E-state index contributed by atoms with van der Waals surface area (Å²) in [6, 6.07) is 2.03. The van der Waals surface area contributed by atoms with E-state index in [2.05, 4.69) is 15.2 Å². The molecule has 0 spiro atoms. The lowest BCUT2D eigenvalue weighted by molar-refractivity contribution is -0.139. The molecule has 156 valence electrons. The van der Waals surface area contributed by atoms with Crippen LogP contribution in [0.25, 0.3) is 0 Å². The molecular weight excluding hydrogens is 419 g/mol. The average molecular weight is 435 g/mol. The summed E-state index contributed by atoms with van der Waals surface area (Å²) in [5.74, 6) is -1.71. The van der Waals surface area contributed by atoms with Gasteiger partial charge in [-0.2, -0.15) is 5.10 Å². The van der Waals surface area contributed by atoms with Crippen molar-refractivity contribution in [3.05, 3.63) is 46.3 Å². The monoisotopic (exact) mass is 434 g/mol. The van der Waals surface area contributed by atoms with E-state index in [0.29, 0.717) is 36.1 Å². The number of nitrogens with zero attached hydrogens (tertiary/aromatic N) is 3. The van der Waals surface area contributed by atoms with Gasteiger partial charge in [0.25, 0.3) is 18.1 Å². The zero-order chi connectivity index (χ0) is 21.3. The standard InChI is InChI=1S/C19H16ClFN4O5/c20-12-5-13(21)14(25-18(27)10-3-1-2-4-11(10)19(25)28)6-15(12)30-17(7-26)29-8-16-22-9-23-24-16/h5-7,9,17H,1-4,8H2,(H,22,23,24). The zero-order valence-electron chi connectivity index (χ0n) is 15.6. The van der Waals surface area contributed by atoms with E-state index in [1.807, 2.05) is 0 Å². The van der Waals surface area contributed by atoms with Crippen molar-refractivity contribution in [2.75, 3.05) is 4.90 Å². The number of imide groups is 1. The number of carbonyl (C=O) groups is 3. The second-order valence-electron chi connectivity index (χ2n) is 6.71. The maximum absolute atomic E-state index is 14.6. The van der Waals surface area contributed by atoms with Crippen LogP contribution in [0.5, 0.6) is 5.75 Å².